The highest BCUT2D eigenvalue weighted by atomic mass is 79.9. The minimum absolute atomic E-state index is 0.665. The van der Waals surface area contributed by atoms with E-state index in [2.05, 4.69) is 40.1 Å². The topological polar surface area (TPSA) is 38.1 Å². The molecule has 1 heterocycles. The maximum absolute atomic E-state index is 5.47. The fourth-order valence-corrected chi connectivity index (χ4v) is 1.88. The maximum atomic E-state index is 5.47. The van der Waals surface area contributed by atoms with Gasteiger partial charge in [0.05, 0.1) is 5.69 Å². The highest BCUT2D eigenvalue weighted by Gasteiger charge is 2.07. The van der Waals surface area contributed by atoms with Crippen LogP contribution < -0.4 is 5.32 Å². The van der Waals surface area contributed by atoms with Gasteiger partial charge >= 0.3 is 0 Å². The molecule has 1 aromatic carbocycles. The van der Waals surface area contributed by atoms with Gasteiger partial charge in [-0.2, -0.15) is 0 Å². The normalized spacial score (nSPS) is 10.8. The van der Waals surface area contributed by atoms with Crippen molar-refractivity contribution in [2.45, 2.75) is 20.4 Å². The lowest BCUT2D eigenvalue weighted by molar-refractivity contribution is 0.570. The summed E-state index contributed by atoms with van der Waals surface area (Å²) in [5, 5.41) is 3.22. The summed E-state index contributed by atoms with van der Waals surface area (Å²) in [5.74, 6) is 0.665. The average molecular weight is 295 g/mol. The molecule has 0 atom stereocenters. The standard InChI is InChI=1S/C13H15BrN2O/c1-3-15-7-11-8-17-13(16-11)10-5-4-9(2)12(14)6-10/h4-6,8,15H,3,7H2,1-2H3. The second-order valence-corrected chi connectivity index (χ2v) is 4.74. The van der Waals surface area contributed by atoms with Crippen LogP contribution in [-0.4, -0.2) is 11.5 Å². The lowest BCUT2D eigenvalue weighted by atomic mass is 10.1. The molecule has 0 aliphatic heterocycles. The van der Waals surface area contributed by atoms with Crippen LogP contribution in [0.25, 0.3) is 11.5 Å². The first-order valence-electron chi connectivity index (χ1n) is 5.62. The van der Waals surface area contributed by atoms with E-state index >= 15 is 0 Å². The molecule has 1 N–H and O–H groups in total. The van der Waals surface area contributed by atoms with Crippen LogP contribution >= 0.6 is 15.9 Å². The number of hydrogen-bond acceptors (Lipinski definition) is 3. The minimum Gasteiger partial charge on any atom is -0.444 e. The van der Waals surface area contributed by atoms with Crippen LogP contribution in [0, 0.1) is 6.92 Å². The van der Waals surface area contributed by atoms with Gasteiger partial charge in [-0.1, -0.05) is 28.9 Å². The molecule has 0 bridgehead atoms. The Morgan fingerprint density at radius 3 is 2.94 bits per heavy atom. The highest BCUT2D eigenvalue weighted by Crippen LogP contribution is 2.25. The second kappa shape index (κ2) is 5.47. The van der Waals surface area contributed by atoms with Gasteiger partial charge in [-0.15, -0.1) is 0 Å². The number of oxazole rings is 1. The third-order valence-corrected chi connectivity index (χ3v) is 3.38. The van der Waals surface area contributed by atoms with Crippen molar-refractivity contribution in [1.82, 2.24) is 10.3 Å². The molecule has 2 rings (SSSR count). The van der Waals surface area contributed by atoms with Gasteiger partial charge in [-0.3, -0.25) is 0 Å². The molecule has 0 saturated heterocycles. The van der Waals surface area contributed by atoms with E-state index < -0.39 is 0 Å². The molecule has 0 radical (unpaired) electrons. The Balaban J connectivity index is 2.21. The molecule has 0 saturated carbocycles. The molecule has 0 amide bonds. The van der Waals surface area contributed by atoms with Crippen molar-refractivity contribution in [3.05, 3.63) is 40.2 Å². The van der Waals surface area contributed by atoms with E-state index in [-0.39, 0.29) is 0 Å². The molecule has 2 aromatic rings. The monoisotopic (exact) mass is 294 g/mol. The van der Waals surface area contributed by atoms with Crippen molar-refractivity contribution < 1.29 is 4.42 Å². The first kappa shape index (κ1) is 12.3. The molecule has 0 fully saturated rings. The van der Waals surface area contributed by atoms with E-state index in [1.165, 1.54) is 5.56 Å². The summed E-state index contributed by atoms with van der Waals surface area (Å²) in [7, 11) is 0. The van der Waals surface area contributed by atoms with Gasteiger partial charge in [0.1, 0.15) is 6.26 Å². The Bertz CT molecular complexity index is 508. The zero-order chi connectivity index (χ0) is 12.3. The van der Waals surface area contributed by atoms with Crippen molar-refractivity contribution in [2.75, 3.05) is 6.54 Å². The molecule has 3 nitrogen and oxygen atoms in total. The summed E-state index contributed by atoms with van der Waals surface area (Å²) in [6.45, 7) is 5.80. The number of rotatable bonds is 4. The smallest absolute Gasteiger partial charge is 0.226 e. The van der Waals surface area contributed by atoms with E-state index in [4.69, 9.17) is 4.42 Å². The number of aromatic nitrogens is 1. The first-order valence-corrected chi connectivity index (χ1v) is 6.41. The Kier molecular flexibility index (Phi) is 3.97. The zero-order valence-electron chi connectivity index (χ0n) is 9.96. The fourth-order valence-electron chi connectivity index (χ4n) is 1.50. The Morgan fingerprint density at radius 2 is 2.24 bits per heavy atom. The summed E-state index contributed by atoms with van der Waals surface area (Å²) in [5.41, 5.74) is 3.12. The van der Waals surface area contributed by atoms with E-state index in [0.717, 1.165) is 28.8 Å². The van der Waals surface area contributed by atoms with Crippen LogP contribution in [0.2, 0.25) is 0 Å². The van der Waals surface area contributed by atoms with Crippen LogP contribution in [0.3, 0.4) is 0 Å². The zero-order valence-corrected chi connectivity index (χ0v) is 11.5. The molecule has 0 spiro atoms. The van der Waals surface area contributed by atoms with Crippen LogP contribution in [0.15, 0.2) is 33.4 Å². The van der Waals surface area contributed by atoms with Crippen molar-refractivity contribution in [2.24, 2.45) is 0 Å². The van der Waals surface area contributed by atoms with Crippen LogP contribution in [-0.2, 0) is 6.54 Å². The summed E-state index contributed by atoms with van der Waals surface area (Å²) in [4.78, 5) is 4.44. The molecule has 90 valence electrons. The minimum atomic E-state index is 0.665. The number of benzene rings is 1. The molecule has 4 heteroatoms. The van der Waals surface area contributed by atoms with Crippen molar-refractivity contribution >= 4 is 15.9 Å². The molecule has 1 aromatic heterocycles. The van der Waals surface area contributed by atoms with Gasteiger partial charge in [-0.05, 0) is 31.2 Å². The van der Waals surface area contributed by atoms with Crippen molar-refractivity contribution in [1.29, 1.82) is 0 Å². The Labute approximate surface area is 109 Å². The fraction of sp³-hybridized carbons (Fsp3) is 0.308. The van der Waals surface area contributed by atoms with Gasteiger partial charge < -0.3 is 9.73 Å². The van der Waals surface area contributed by atoms with Gasteiger partial charge in [0.25, 0.3) is 0 Å². The third-order valence-electron chi connectivity index (χ3n) is 2.53. The van der Waals surface area contributed by atoms with Crippen molar-refractivity contribution in [3.63, 3.8) is 0 Å². The van der Waals surface area contributed by atoms with E-state index in [1.54, 1.807) is 6.26 Å². The number of halogens is 1. The Morgan fingerprint density at radius 1 is 1.41 bits per heavy atom. The molecule has 17 heavy (non-hydrogen) atoms. The third kappa shape index (κ3) is 2.96. The summed E-state index contributed by atoms with van der Waals surface area (Å²) in [6.07, 6.45) is 1.70. The lowest BCUT2D eigenvalue weighted by Crippen LogP contribution is -2.11. The largest absolute Gasteiger partial charge is 0.444 e. The SMILES string of the molecule is CCNCc1coc(-c2ccc(C)c(Br)c2)n1. The van der Waals surface area contributed by atoms with Gasteiger partial charge in [0.2, 0.25) is 5.89 Å². The molecular formula is C13H15BrN2O. The number of hydrogen-bond donors (Lipinski definition) is 1. The molecular weight excluding hydrogens is 280 g/mol. The van der Waals surface area contributed by atoms with Gasteiger partial charge in [0, 0.05) is 16.6 Å². The maximum Gasteiger partial charge on any atom is 0.226 e. The molecule has 0 aliphatic rings. The van der Waals surface area contributed by atoms with Gasteiger partial charge in [0.15, 0.2) is 0 Å². The second-order valence-electron chi connectivity index (χ2n) is 3.89. The predicted octanol–water partition coefficient (Wildman–Crippen LogP) is 3.52. The summed E-state index contributed by atoms with van der Waals surface area (Å²) in [6, 6.07) is 6.09. The van der Waals surface area contributed by atoms with Crippen LogP contribution in [0.4, 0.5) is 0 Å². The molecule has 0 aliphatic carbocycles. The quantitative estimate of drug-likeness (QED) is 0.937. The predicted molar refractivity (Wildman–Crippen MR) is 71.8 cm³/mol. The first-order chi connectivity index (χ1) is 8.20. The highest BCUT2D eigenvalue weighted by molar-refractivity contribution is 9.10. The Hall–Kier alpha value is -1.13. The van der Waals surface area contributed by atoms with E-state index in [0.29, 0.717) is 5.89 Å². The molecule has 0 unspecified atom stereocenters. The van der Waals surface area contributed by atoms with Gasteiger partial charge in [-0.25, -0.2) is 4.98 Å². The number of nitrogens with one attached hydrogen (secondary N) is 1. The van der Waals surface area contributed by atoms with Crippen LogP contribution in [0.1, 0.15) is 18.2 Å². The van der Waals surface area contributed by atoms with Crippen LogP contribution in [0.5, 0.6) is 0 Å². The van der Waals surface area contributed by atoms with E-state index in [1.807, 2.05) is 18.2 Å². The number of aryl methyl sites for hydroxylation is 1. The summed E-state index contributed by atoms with van der Waals surface area (Å²) < 4.78 is 6.54. The average Bonchev–Trinajstić information content (AvgIpc) is 2.79. The lowest BCUT2D eigenvalue weighted by Gasteiger charge is -2.00. The van der Waals surface area contributed by atoms with E-state index in [9.17, 15) is 0 Å². The van der Waals surface area contributed by atoms with Crippen molar-refractivity contribution in [3.8, 4) is 11.5 Å². The summed E-state index contributed by atoms with van der Waals surface area (Å²) >= 11 is 3.51. The number of nitrogens with zero attached hydrogens (tertiary/aromatic N) is 1.